The molecule has 0 unspecified atom stereocenters. The SMILES string of the molecule is Cc1ccc2c(c1)[C@H]1CN(C)CC[C@@H]1N2C(=O)c1ccc(Br)o1. The summed E-state index contributed by atoms with van der Waals surface area (Å²) < 4.78 is 6.10. The number of aryl methyl sites for hydroxylation is 1. The van der Waals surface area contributed by atoms with Crippen molar-refractivity contribution in [2.24, 2.45) is 0 Å². The van der Waals surface area contributed by atoms with Crippen LogP contribution in [-0.2, 0) is 0 Å². The number of benzene rings is 1. The van der Waals surface area contributed by atoms with E-state index in [0.29, 0.717) is 16.3 Å². The zero-order valence-electron chi connectivity index (χ0n) is 13.3. The molecule has 1 saturated heterocycles. The average molecular weight is 375 g/mol. The number of carbonyl (C=O) groups is 1. The van der Waals surface area contributed by atoms with Crippen molar-refractivity contribution in [2.75, 3.05) is 25.0 Å². The van der Waals surface area contributed by atoms with Gasteiger partial charge in [-0.2, -0.15) is 0 Å². The van der Waals surface area contributed by atoms with E-state index in [1.807, 2.05) is 4.90 Å². The fourth-order valence-corrected chi connectivity index (χ4v) is 4.20. The molecule has 2 atom stereocenters. The monoisotopic (exact) mass is 374 g/mol. The highest BCUT2D eigenvalue weighted by molar-refractivity contribution is 9.10. The lowest BCUT2D eigenvalue weighted by Gasteiger charge is -2.36. The number of likely N-dealkylation sites (tertiary alicyclic amines) is 1. The van der Waals surface area contributed by atoms with E-state index in [0.717, 1.165) is 25.2 Å². The van der Waals surface area contributed by atoms with E-state index >= 15 is 0 Å². The van der Waals surface area contributed by atoms with Crippen LogP contribution in [0.15, 0.2) is 39.4 Å². The summed E-state index contributed by atoms with van der Waals surface area (Å²) in [5, 5.41) is 0. The van der Waals surface area contributed by atoms with E-state index in [1.54, 1.807) is 12.1 Å². The number of anilines is 1. The standard InChI is InChI=1S/C18H19BrN2O2/c1-11-3-4-14-12(9-11)13-10-20(2)8-7-15(13)21(14)18(22)16-5-6-17(19)23-16/h3-6,9,13,15H,7-8,10H2,1-2H3/t13-,15+/m1/s1. The van der Waals surface area contributed by atoms with Crippen LogP contribution in [0.25, 0.3) is 0 Å². The van der Waals surface area contributed by atoms with Crippen molar-refractivity contribution in [3.63, 3.8) is 0 Å². The van der Waals surface area contributed by atoms with E-state index < -0.39 is 0 Å². The lowest BCUT2D eigenvalue weighted by atomic mass is 9.89. The maximum atomic E-state index is 13.0. The molecular formula is C18H19BrN2O2. The highest BCUT2D eigenvalue weighted by Crippen LogP contribution is 2.45. The van der Waals surface area contributed by atoms with Crippen LogP contribution in [0, 0.1) is 6.92 Å². The minimum Gasteiger partial charge on any atom is -0.444 e. The molecule has 0 radical (unpaired) electrons. The molecule has 4 nitrogen and oxygen atoms in total. The minimum absolute atomic E-state index is 0.0437. The van der Waals surface area contributed by atoms with E-state index in [1.165, 1.54) is 11.1 Å². The second-order valence-corrected chi connectivity index (χ2v) is 7.35. The van der Waals surface area contributed by atoms with Crippen molar-refractivity contribution >= 4 is 27.5 Å². The van der Waals surface area contributed by atoms with Crippen LogP contribution in [0.1, 0.15) is 34.0 Å². The Morgan fingerprint density at radius 1 is 1.30 bits per heavy atom. The zero-order chi connectivity index (χ0) is 16.1. The number of halogens is 1. The summed E-state index contributed by atoms with van der Waals surface area (Å²) in [4.78, 5) is 17.4. The molecule has 4 rings (SSSR count). The molecule has 3 heterocycles. The lowest BCUT2D eigenvalue weighted by Crippen LogP contribution is -2.47. The number of hydrogen-bond acceptors (Lipinski definition) is 3. The maximum absolute atomic E-state index is 13.0. The van der Waals surface area contributed by atoms with Gasteiger partial charge in [0.05, 0.1) is 0 Å². The van der Waals surface area contributed by atoms with Crippen LogP contribution in [0.3, 0.4) is 0 Å². The molecule has 1 fully saturated rings. The highest BCUT2D eigenvalue weighted by atomic mass is 79.9. The number of furan rings is 1. The highest BCUT2D eigenvalue weighted by Gasteiger charge is 2.44. The quantitative estimate of drug-likeness (QED) is 0.761. The normalized spacial score (nSPS) is 23.7. The van der Waals surface area contributed by atoms with E-state index in [-0.39, 0.29) is 11.9 Å². The smallest absolute Gasteiger partial charge is 0.294 e. The summed E-state index contributed by atoms with van der Waals surface area (Å²) in [6.07, 6.45) is 0.989. The van der Waals surface area contributed by atoms with Crippen molar-refractivity contribution in [3.05, 3.63) is 51.9 Å². The predicted octanol–water partition coefficient (Wildman–Crippen LogP) is 3.80. The molecule has 23 heavy (non-hydrogen) atoms. The number of carbonyl (C=O) groups excluding carboxylic acids is 1. The number of likely N-dealkylation sites (N-methyl/N-ethyl adjacent to an activating group) is 1. The van der Waals surface area contributed by atoms with Gasteiger partial charge in [0.25, 0.3) is 5.91 Å². The Labute approximate surface area is 144 Å². The lowest BCUT2D eigenvalue weighted by molar-refractivity contribution is 0.0936. The van der Waals surface area contributed by atoms with Crippen molar-refractivity contribution in [1.29, 1.82) is 0 Å². The van der Waals surface area contributed by atoms with Gasteiger partial charge in [0.2, 0.25) is 0 Å². The topological polar surface area (TPSA) is 36.7 Å². The van der Waals surface area contributed by atoms with Gasteiger partial charge in [-0.05, 0) is 66.6 Å². The van der Waals surface area contributed by atoms with Gasteiger partial charge in [-0.3, -0.25) is 4.79 Å². The van der Waals surface area contributed by atoms with Gasteiger partial charge in [-0.1, -0.05) is 17.7 Å². The van der Waals surface area contributed by atoms with Crippen LogP contribution >= 0.6 is 15.9 Å². The van der Waals surface area contributed by atoms with E-state index in [9.17, 15) is 4.79 Å². The fraction of sp³-hybridized carbons (Fsp3) is 0.389. The van der Waals surface area contributed by atoms with Gasteiger partial charge in [-0.15, -0.1) is 0 Å². The molecule has 1 amide bonds. The fourth-order valence-electron chi connectivity index (χ4n) is 3.89. The van der Waals surface area contributed by atoms with Crippen molar-refractivity contribution in [1.82, 2.24) is 4.90 Å². The number of nitrogens with zero attached hydrogens (tertiary/aromatic N) is 2. The Hall–Kier alpha value is -1.59. The minimum atomic E-state index is -0.0437. The Kier molecular flexibility index (Phi) is 3.58. The Balaban J connectivity index is 1.78. The van der Waals surface area contributed by atoms with Crippen molar-refractivity contribution in [3.8, 4) is 0 Å². The summed E-state index contributed by atoms with van der Waals surface area (Å²) >= 11 is 3.28. The molecule has 5 heteroatoms. The third kappa shape index (κ3) is 2.42. The number of rotatable bonds is 1. The zero-order valence-corrected chi connectivity index (χ0v) is 14.8. The van der Waals surface area contributed by atoms with Crippen molar-refractivity contribution in [2.45, 2.75) is 25.3 Å². The van der Waals surface area contributed by atoms with E-state index in [2.05, 4.69) is 53.0 Å². The van der Waals surface area contributed by atoms with Gasteiger partial charge in [0.1, 0.15) is 0 Å². The predicted molar refractivity (Wildman–Crippen MR) is 93.0 cm³/mol. The number of amides is 1. The largest absolute Gasteiger partial charge is 0.444 e. The summed E-state index contributed by atoms with van der Waals surface area (Å²) in [6, 6.07) is 10.1. The van der Waals surface area contributed by atoms with Gasteiger partial charge < -0.3 is 14.2 Å². The molecule has 0 bridgehead atoms. The first-order valence-electron chi connectivity index (χ1n) is 7.92. The Bertz CT molecular complexity index is 770. The number of fused-ring (bicyclic) bond motifs is 3. The first-order chi connectivity index (χ1) is 11.0. The molecule has 0 N–H and O–H groups in total. The first-order valence-corrected chi connectivity index (χ1v) is 8.72. The number of hydrogen-bond donors (Lipinski definition) is 0. The summed E-state index contributed by atoms with van der Waals surface area (Å²) in [5.74, 6) is 0.729. The molecule has 0 aliphatic carbocycles. The molecule has 0 spiro atoms. The van der Waals surface area contributed by atoms with Gasteiger partial charge >= 0.3 is 0 Å². The van der Waals surface area contributed by atoms with Crippen LogP contribution in [0.4, 0.5) is 5.69 Å². The summed E-state index contributed by atoms with van der Waals surface area (Å²) in [6.45, 7) is 4.11. The van der Waals surface area contributed by atoms with Gasteiger partial charge in [-0.25, -0.2) is 0 Å². The van der Waals surface area contributed by atoms with Crippen LogP contribution in [0.5, 0.6) is 0 Å². The molecule has 2 aliphatic heterocycles. The van der Waals surface area contributed by atoms with E-state index in [4.69, 9.17) is 4.42 Å². The molecule has 2 aliphatic rings. The second-order valence-electron chi connectivity index (χ2n) is 6.57. The summed E-state index contributed by atoms with van der Waals surface area (Å²) in [5.41, 5.74) is 3.57. The van der Waals surface area contributed by atoms with Crippen molar-refractivity contribution < 1.29 is 9.21 Å². The molecular weight excluding hydrogens is 356 g/mol. The maximum Gasteiger partial charge on any atom is 0.294 e. The molecule has 0 saturated carbocycles. The second kappa shape index (κ2) is 5.49. The Morgan fingerprint density at radius 3 is 2.87 bits per heavy atom. The Morgan fingerprint density at radius 2 is 2.13 bits per heavy atom. The third-order valence-corrected chi connectivity index (χ3v) is 5.38. The number of piperidine rings is 1. The third-order valence-electron chi connectivity index (χ3n) is 4.96. The molecule has 1 aromatic carbocycles. The molecule has 2 aromatic rings. The molecule has 120 valence electrons. The van der Waals surface area contributed by atoms with Crippen LogP contribution in [-0.4, -0.2) is 37.0 Å². The van der Waals surface area contributed by atoms with Crippen LogP contribution < -0.4 is 4.90 Å². The van der Waals surface area contributed by atoms with Crippen LogP contribution in [0.2, 0.25) is 0 Å². The average Bonchev–Trinajstić information content (AvgIpc) is 3.08. The van der Waals surface area contributed by atoms with Gasteiger partial charge in [0, 0.05) is 24.2 Å². The molecule has 1 aromatic heterocycles. The summed E-state index contributed by atoms with van der Waals surface area (Å²) in [7, 11) is 2.15. The van der Waals surface area contributed by atoms with Gasteiger partial charge in [0.15, 0.2) is 10.4 Å². The first kappa shape index (κ1) is 15.0.